The minimum absolute atomic E-state index is 0.0160. The van der Waals surface area contributed by atoms with Crippen LogP contribution >= 0.6 is 58.3 Å². The van der Waals surface area contributed by atoms with E-state index in [0.717, 1.165) is 125 Å². The van der Waals surface area contributed by atoms with Crippen LogP contribution in [0.5, 0.6) is 0 Å². The molecule has 23 heteroatoms. The normalized spacial score (nSPS) is 20.5. The fourth-order valence-electron chi connectivity index (χ4n) is 11.3. The van der Waals surface area contributed by atoms with Crippen LogP contribution in [-0.4, -0.2) is 100 Å². The quantitative estimate of drug-likeness (QED) is 0.0817. The summed E-state index contributed by atoms with van der Waals surface area (Å²) >= 11 is 21.6. The third-order valence-electron chi connectivity index (χ3n) is 16.2. The Hall–Kier alpha value is -4.35. The van der Waals surface area contributed by atoms with Crippen LogP contribution < -0.4 is 40.9 Å². The molecule has 2 aliphatic carbocycles. The predicted octanol–water partition coefficient (Wildman–Crippen LogP) is 11.2. The van der Waals surface area contributed by atoms with E-state index in [-0.39, 0.29) is 37.6 Å². The number of nitrogens with two attached hydrogens (primary N) is 2. The number of hydrogen-bond acceptors (Lipinski definition) is 16. The molecule has 4 fully saturated rings. The highest BCUT2D eigenvalue weighted by Crippen LogP contribution is 2.54. The maximum Gasteiger partial charge on any atom is 0.158 e. The molecule has 16 nitrogen and oxygen atoms in total. The predicted molar refractivity (Wildman–Crippen MR) is 335 cm³/mol. The Balaban J connectivity index is 0.000000151. The molecule has 4 aromatic heterocycles. The number of piperidine rings is 2. The van der Waals surface area contributed by atoms with E-state index in [2.05, 4.69) is 103 Å². The Morgan fingerprint density at radius 3 is 1.47 bits per heavy atom. The number of pyridine rings is 2. The van der Waals surface area contributed by atoms with Crippen LogP contribution in [0.3, 0.4) is 0 Å². The number of benzene rings is 2. The highest BCUT2D eigenvalue weighted by molar-refractivity contribution is 7.99. The highest BCUT2D eigenvalue weighted by Gasteiger charge is 2.50. The average Bonchev–Trinajstić information content (AvgIpc) is 3.93. The lowest BCUT2D eigenvalue weighted by atomic mass is 9.73. The van der Waals surface area contributed by atoms with Crippen LogP contribution in [0.2, 0.25) is 15.2 Å². The van der Waals surface area contributed by atoms with Gasteiger partial charge >= 0.3 is 0 Å². The Morgan fingerprint density at radius 1 is 0.593 bits per heavy atom. The van der Waals surface area contributed by atoms with Crippen molar-refractivity contribution in [3.05, 3.63) is 123 Å². The second kappa shape index (κ2) is 25.1. The van der Waals surface area contributed by atoms with E-state index < -0.39 is 22.0 Å². The molecule has 0 amide bonds. The third-order valence-corrected chi connectivity index (χ3v) is 22.6. The van der Waals surface area contributed by atoms with E-state index in [1.54, 1.807) is 12.4 Å². The largest absolute Gasteiger partial charge is 0.381 e. The van der Waals surface area contributed by atoms with E-state index in [9.17, 15) is 8.42 Å². The van der Waals surface area contributed by atoms with Gasteiger partial charge in [-0.25, -0.2) is 47.8 Å². The molecule has 0 radical (unpaired) electrons. The van der Waals surface area contributed by atoms with Gasteiger partial charge in [0.15, 0.2) is 11.6 Å². The maximum atomic E-state index is 13.2. The van der Waals surface area contributed by atoms with Gasteiger partial charge in [0.05, 0.1) is 66.0 Å². The molecule has 81 heavy (non-hydrogen) atoms. The van der Waals surface area contributed by atoms with Gasteiger partial charge in [0.1, 0.15) is 32.7 Å². The third kappa shape index (κ3) is 13.3. The van der Waals surface area contributed by atoms with Crippen LogP contribution in [-0.2, 0) is 34.8 Å². The summed E-state index contributed by atoms with van der Waals surface area (Å²) in [6, 6.07) is 21.3. The van der Waals surface area contributed by atoms with Crippen LogP contribution in [0.25, 0.3) is 0 Å². The molecule has 6 aromatic rings. The van der Waals surface area contributed by atoms with Gasteiger partial charge in [-0.1, -0.05) is 107 Å². The van der Waals surface area contributed by atoms with Gasteiger partial charge < -0.3 is 31.5 Å². The van der Waals surface area contributed by atoms with Crippen LogP contribution in [0.15, 0.2) is 105 Å². The maximum absolute atomic E-state index is 13.2. The average molecular weight is 1230 g/mol. The van der Waals surface area contributed by atoms with Crippen molar-refractivity contribution < 1.29 is 8.42 Å². The molecule has 0 bridgehead atoms. The van der Waals surface area contributed by atoms with Gasteiger partial charge in [-0.05, 0) is 151 Å². The van der Waals surface area contributed by atoms with Crippen LogP contribution in [0.4, 0.5) is 29.1 Å². The molecular weight excluding hydrogens is 1160 g/mol. The summed E-state index contributed by atoms with van der Waals surface area (Å²) in [5, 5.41) is 6.21. The molecule has 0 unspecified atom stereocenters. The van der Waals surface area contributed by atoms with Crippen molar-refractivity contribution in [1.82, 2.24) is 44.7 Å². The fraction of sp³-hybridized carbons (Fsp3) is 0.483. The second-order valence-corrected chi connectivity index (χ2v) is 30.9. The molecule has 2 aromatic carbocycles. The standard InChI is InChI=1S/C29H36ClN7OS2.C17H26N2OS.C12H11Cl2N5S/c1-28(2,3)40(38)35-24-20-8-5-4-7-19(20)17-29(24)10-15-36(16-11-29)22-18-33-27(25(31)34-22)39-21-9-12-32-26(23(21)30)37-13-6-14-37;1-16(2,3)21(20)19-15-14-7-5-4-6-13(14)12-17(15)8-10-18-11-9-17;13-8-6-17-12(10(15)18-8)20-7-2-3-16-11(9(7)14)19-4-1-5-19/h4-5,7-9,12,18,24,35H,6,10-11,13-17H2,1-3H3,(H2,31,34);4-7,15,18-19H,8-12H2,1-3H3;2-3,6H,1,4-5H2,(H2,15,18)/t24-,40-;15-,21-;/m11./s1. The minimum atomic E-state index is -1.15. The lowest BCUT2D eigenvalue weighted by Gasteiger charge is -2.44. The van der Waals surface area contributed by atoms with Crippen molar-refractivity contribution in [3.63, 3.8) is 0 Å². The Labute approximate surface area is 505 Å². The summed E-state index contributed by atoms with van der Waals surface area (Å²) < 4.78 is 32.3. The van der Waals surface area contributed by atoms with Gasteiger partial charge in [0.2, 0.25) is 0 Å². The molecule has 4 aliphatic heterocycles. The van der Waals surface area contributed by atoms with Crippen molar-refractivity contribution in [2.45, 2.75) is 134 Å². The second-order valence-electron chi connectivity index (χ2n) is 23.7. The first-order valence-electron chi connectivity index (χ1n) is 27.7. The van der Waals surface area contributed by atoms with Crippen LogP contribution in [0, 0.1) is 10.8 Å². The van der Waals surface area contributed by atoms with E-state index in [4.69, 9.17) is 51.3 Å². The molecule has 0 saturated carbocycles. The van der Waals surface area contributed by atoms with Gasteiger partial charge in [-0.3, -0.25) is 0 Å². The summed E-state index contributed by atoms with van der Waals surface area (Å²) in [7, 11) is -2.19. The lowest BCUT2D eigenvalue weighted by Crippen LogP contribution is -2.48. The Kier molecular flexibility index (Phi) is 18.5. The van der Waals surface area contributed by atoms with Gasteiger partial charge in [0.25, 0.3) is 0 Å². The molecule has 4 atom stereocenters. The first-order valence-corrected chi connectivity index (χ1v) is 32.8. The SMILES string of the molecule is CC(C)(C)[S@@](=O)N[C@@H]1c2ccccc2CC12CCN(c1cnc(Sc3ccnc(N4CCC4)c3Cl)c(N)n1)CC2.CC(C)(C)[S@@](=O)N[C@@H]1c2ccccc2CC12CCNCC2.Nc1nc(Cl)cnc1Sc1ccnc(N2CCC2)c1Cl. The number of nitrogens with zero attached hydrogens (tertiary/aromatic N) is 9. The molecule has 6 aliphatic rings. The molecule has 4 saturated heterocycles. The van der Waals surface area contributed by atoms with E-state index in [0.29, 0.717) is 31.7 Å². The van der Waals surface area contributed by atoms with Gasteiger partial charge in [-0.15, -0.1) is 0 Å². The lowest BCUT2D eigenvalue weighted by molar-refractivity contribution is 0.165. The zero-order chi connectivity index (χ0) is 57.3. The molecular formula is C58H73Cl3N14O2S4. The first kappa shape index (κ1) is 59.8. The van der Waals surface area contributed by atoms with Crippen molar-refractivity contribution >= 4 is 109 Å². The van der Waals surface area contributed by atoms with Crippen molar-refractivity contribution in [1.29, 1.82) is 0 Å². The smallest absolute Gasteiger partial charge is 0.158 e. The van der Waals surface area contributed by atoms with Gasteiger partial charge in [-0.2, -0.15) is 0 Å². The van der Waals surface area contributed by atoms with Crippen molar-refractivity contribution in [2.75, 3.05) is 78.5 Å². The number of halogens is 3. The summed E-state index contributed by atoms with van der Waals surface area (Å²) in [6.45, 7) is 19.9. The molecule has 12 rings (SSSR count). The van der Waals surface area contributed by atoms with E-state index >= 15 is 0 Å². The monoisotopic (exact) mass is 1230 g/mol. The highest BCUT2D eigenvalue weighted by atomic mass is 35.5. The molecule has 432 valence electrons. The number of nitrogens with one attached hydrogen (secondary N) is 3. The Morgan fingerprint density at radius 2 is 1.04 bits per heavy atom. The number of aromatic nitrogens is 6. The zero-order valence-corrected chi connectivity index (χ0v) is 52.3. The van der Waals surface area contributed by atoms with Crippen molar-refractivity contribution in [2.24, 2.45) is 10.8 Å². The number of rotatable bonds is 11. The topological polar surface area (TPSA) is 209 Å². The summed E-state index contributed by atoms with van der Waals surface area (Å²) in [4.78, 5) is 34.7. The fourth-order valence-corrected chi connectivity index (χ4v) is 15.6. The number of fused-ring (bicyclic) bond motifs is 2. The van der Waals surface area contributed by atoms with Crippen LogP contribution in [0.1, 0.15) is 114 Å². The van der Waals surface area contributed by atoms with Crippen molar-refractivity contribution in [3.8, 4) is 0 Å². The summed E-state index contributed by atoms with van der Waals surface area (Å²) in [5.41, 5.74) is 17.9. The molecule has 7 N–H and O–H groups in total. The number of hydrogen-bond donors (Lipinski definition) is 5. The minimum Gasteiger partial charge on any atom is -0.381 e. The number of nitrogen functional groups attached to an aromatic ring is 2. The zero-order valence-electron chi connectivity index (χ0n) is 46.8. The Bertz CT molecular complexity index is 3270. The molecule has 2 spiro atoms. The summed E-state index contributed by atoms with van der Waals surface area (Å²) in [6.07, 6.45) is 15.5. The number of anilines is 5. The first-order chi connectivity index (χ1) is 38.7. The van der Waals surface area contributed by atoms with E-state index in [1.165, 1.54) is 58.4 Å². The molecule has 8 heterocycles. The van der Waals surface area contributed by atoms with Gasteiger partial charge in [0, 0.05) is 61.5 Å². The van der Waals surface area contributed by atoms with E-state index in [1.807, 2.05) is 59.9 Å². The summed E-state index contributed by atoms with van der Waals surface area (Å²) in [5.74, 6) is 3.10.